The van der Waals surface area contributed by atoms with E-state index >= 15 is 0 Å². The molecule has 0 aliphatic carbocycles. The van der Waals surface area contributed by atoms with E-state index in [0.717, 1.165) is 12.0 Å². The lowest BCUT2D eigenvalue weighted by Gasteiger charge is -2.08. The zero-order valence-corrected chi connectivity index (χ0v) is 12.1. The SMILES string of the molecule is CCNc1nc(NCCc2ccc(F)cc2)nc(OC)n1. The summed E-state index contributed by atoms with van der Waals surface area (Å²) < 4.78 is 17.8. The highest BCUT2D eigenvalue weighted by molar-refractivity contribution is 5.36. The number of anilines is 2. The molecule has 1 aromatic heterocycles. The molecular weight excluding hydrogens is 273 g/mol. The molecule has 1 heterocycles. The number of rotatable bonds is 7. The zero-order valence-electron chi connectivity index (χ0n) is 12.1. The molecule has 112 valence electrons. The molecule has 0 amide bonds. The first-order valence-corrected chi connectivity index (χ1v) is 6.73. The second-order valence-corrected chi connectivity index (χ2v) is 4.30. The molecule has 0 atom stereocenters. The van der Waals surface area contributed by atoms with Crippen molar-refractivity contribution in [3.63, 3.8) is 0 Å². The summed E-state index contributed by atoms with van der Waals surface area (Å²) in [5.74, 6) is 0.678. The van der Waals surface area contributed by atoms with Gasteiger partial charge in [0.15, 0.2) is 0 Å². The summed E-state index contributed by atoms with van der Waals surface area (Å²) in [6.45, 7) is 3.30. The van der Waals surface area contributed by atoms with Gasteiger partial charge in [-0.3, -0.25) is 0 Å². The van der Waals surface area contributed by atoms with Gasteiger partial charge in [0, 0.05) is 13.1 Å². The van der Waals surface area contributed by atoms with Crippen molar-refractivity contribution in [2.45, 2.75) is 13.3 Å². The molecule has 7 heteroatoms. The van der Waals surface area contributed by atoms with Crippen LogP contribution in [-0.2, 0) is 6.42 Å². The second kappa shape index (κ2) is 7.37. The first-order chi connectivity index (χ1) is 10.2. The van der Waals surface area contributed by atoms with Crippen molar-refractivity contribution in [1.82, 2.24) is 15.0 Å². The molecule has 21 heavy (non-hydrogen) atoms. The third-order valence-corrected chi connectivity index (χ3v) is 2.74. The van der Waals surface area contributed by atoms with E-state index in [1.165, 1.54) is 19.2 Å². The van der Waals surface area contributed by atoms with Crippen molar-refractivity contribution >= 4 is 11.9 Å². The minimum Gasteiger partial charge on any atom is -0.467 e. The minimum absolute atomic E-state index is 0.232. The number of hydrogen-bond acceptors (Lipinski definition) is 6. The summed E-state index contributed by atoms with van der Waals surface area (Å²) in [5, 5.41) is 6.12. The lowest BCUT2D eigenvalue weighted by Crippen LogP contribution is -2.12. The van der Waals surface area contributed by atoms with Crippen LogP contribution in [0.2, 0.25) is 0 Å². The molecule has 2 rings (SSSR count). The Balaban J connectivity index is 1.95. The second-order valence-electron chi connectivity index (χ2n) is 4.30. The first-order valence-electron chi connectivity index (χ1n) is 6.73. The molecule has 0 aliphatic heterocycles. The third-order valence-electron chi connectivity index (χ3n) is 2.74. The lowest BCUT2D eigenvalue weighted by atomic mass is 10.1. The molecule has 0 unspecified atom stereocenters. The molecule has 2 N–H and O–H groups in total. The number of nitrogens with one attached hydrogen (secondary N) is 2. The van der Waals surface area contributed by atoms with E-state index in [9.17, 15) is 4.39 Å². The molecule has 0 fully saturated rings. The molecule has 2 aromatic rings. The molecule has 6 nitrogen and oxygen atoms in total. The highest BCUT2D eigenvalue weighted by atomic mass is 19.1. The van der Waals surface area contributed by atoms with Crippen molar-refractivity contribution in [2.24, 2.45) is 0 Å². The van der Waals surface area contributed by atoms with Gasteiger partial charge in [-0.1, -0.05) is 12.1 Å². The van der Waals surface area contributed by atoms with E-state index in [1.54, 1.807) is 12.1 Å². The average molecular weight is 291 g/mol. The smallest absolute Gasteiger partial charge is 0.322 e. The topological polar surface area (TPSA) is 72.0 Å². The summed E-state index contributed by atoms with van der Waals surface area (Å²) in [6, 6.07) is 6.67. The Labute approximate surface area is 122 Å². The van der Waals surface area contributed by atoms with Gasteiger partial charge in [0.2, 0.25) is 11.9 Å². The van der Waals surface area contributed by atoms with Gasteiger partial charge >= 0.3 is 6.01 Å². The van der Waals surface area contributed by atoms with Gasteiger partial charge in [-0.2, -0.15) is 15.0 Å². The van der Waals surface area contributed by atoms with Crippen LogP contribution in [0.3, 0.4) is 0 Å². The van der Waals surface area contributed by atoms with Crippen LogP contribution in [0.4, 0.5) is 16.3 Å². The van der Waals surface area contributed by atoms with E-state index in [1.807, 2.05) is 6.92 Å². The van der Waals surface area contributed by atoms with Gasteiger partial charge in [-0.05, 0) is 31.0 Å². The Hall–Kier alpha value is -2.44. The zero-order chi connectivity index (χ0) is 15.1. The predicted octanol–water partition coefficient (Wildman–Crippen LogP) is 2.11. The number of nitrogens with zero attached hydrogens (tertiary/aromatic N) is 3. The molecule has 0 aliphatic rings. The summed E-state index contributed by atoms with van der Waals surface area (Å²) >= 11 is 0. The van der Waals surface area contributed by atoms with Gasteiger partial charge in [-0.15, -0.1) is 0 Å². The molecule has 0 saturated heterocycles. The van der Waals surface area contributed by atoms with E-state index < -0.39 is 0 Å². The molecule has 0 saturated carbocycles. The first kappa shape index (κ1) is 15.0. The quantitative estimate of drug-likeness (QED) is 0.814. The fourth-order valence-electron chi connectivity index (χ4n) is 1.73. The van der Waals surface area contributed by atoms with Crippen molar-refractivity contribution in [3.8, 4) is 6.01 Å². The number of hydrogen-bond donors (Lipinski definition) is 2. The molecule has 0 bridgehead atoms. The van der Waals surface area contributed by atoms with E-state index in [2.05, 4.69) is 25.6 Å². The van der Waals surface area contributed by atoms with Gasteiger partial charge in [0.1, 0.15) is 5.82 Å². The number of ether oxygens (including phenoxy) is 1. The highest BCUT2D eigenvalue weighted by Crippen LogP contribution is 2.11. The van der Waals surface area contributed by atoms with Crippen molar-refractivity contribution < 1.29 is 9.13 Å². The van der Waals surface area contributed by atoms with Crippen LogP contribution < -0.4 is 15.4 Å². The maximum atomic E-state index is 12.8. The fraction of sp³-hybridized carbons (Fsp3) is 0.357. The number of aromatic nitrogens is 3. The highest BCUT2D eigenvalue weighted by Gasteiger charge is 2.05. The number of methoxy groups -OCH3 is 1. The average Bonchev–Trinajstić information content (AvgIpc) is 2.49. The Bertz CT molecular complexity index is 576. The minimum atomic E-state index is -0.232. The maximum absolute atomic E-state index is 12.8. The Morgan fingerprint density at radius 2 is 1.71 bits per heavy atom. The molecular formula is C14H18FN5O. The largest absolute Gasteiger partial charge is 0.467 e. The maximum Gasteiger partial charge on any atom is 0.322 e. The van der Waals surface area contributed by atoms with Crippen LogP contribution in [0, 0.1) is 5.82 Å². The van der Waals surface area contributed by atoms with Crippen molar-refractivity contribution in [1.29, 1.82) is 0 Å². The normalized spacial score (nSPS) is 10.2. The van der Waals surface area contributed by atoms with E-state index in [4.69, 9.17) is 4.74 Å². The van der Waals surface area contributed by atoms with Crippen molar-refractivity contribution in [2.75, 3.05) is 30.8 Å². The van der Waals surface area contributed by atoms with Crippen LogP contribution in [-0.4, -0.2) is 35.2 Å². The number of benzene rings is 1. The lowest BCUT2D eigenvalue weighted by molar-refractivity contribution is 0.379. The van der Waals surface area contributed by atoms with Crippen molar-refractivity contribution in [3.05, 3.63) is 35.6 Å². The predicted molar refractivity (Wildman–Crippen MR) is 79.1 cm³/mol. The summed E-state index contributed by atoms with van der Waals surface area (Å²) in [4.78, 5) is 12.4. The van der Waals surface area contributed by atoms with Gasteiger partial charge in [-0.25, -0.2) is 4.39 Å². The summed E-state index contributed by atoms with van der Waals surface area (Å²) in [6.07, 6.45) is 0.741. The van der Waals surface area contributed by atoms with Gasteiger partial charge in [0.05, 0.1) is 7.11 Å². The molecule has 1 aromatic carbocycles. The van der Waals surface area contributed by atoms with E-state index in [-0.39, 0.29) is 11.8 Å². The number of halogens is 1. The Morgan fingerprint density at radius 3 is 2.33 bits per heavy atom. The van der Waals surface area contributed by atoms with Crippen LogP contribution in [0.5, 0.6) is 6.01 Å². The van der Waals surface area contributed by atoms with Crippen LogP contribution in [0.15, 0.2) is 24.3 Å². The Morgan fingerprint density at radius 1 is 1.05 bits per heavy atom. The third kappa shape index (κ3) is 4.55. The summed E-state index contributed by atoms with van der Waals surface area (Å²) in [5.41, 5.74) is 1.04. The van der Waals surface area contributed by atoms with Crippen LogP contribution in [0.1, 0.15) is 12.5 Å². The molecule has 0 spiro atoms. The monoisotopic (exact) mass is 291 g/mol. The summed E-state index contributed by atoms with van der Waals surface area (Å²) in [7, 11) is 1.51. The fourth-order valence-corrected chi connectivity index (χ4v) is 1.73. The standard InChI is InChI=1S/C14H18FN5O/c1-3-16-12-18-13(20-14(19-12)21-2)17-9-8-10-4-6-11(15)7-5-10/h4-7H,3,8-9H2,1-2H3,(H2,16,17,18,19,20). The Kier molecular flexibility index (Phi) is 5.25. The van der Waals surface area contributed by atoms with Gasteiger partial charge < -0.3 is 15.4 Å². The van der Waals surface area contributed by atoms with Crippen LogP contribution in [0.25, 0.3) is 0 Å². The van der Waals surface area contributed by atoms with Crippen LogP contribution >= 0.6 is 0 Å². The van der Waals surface area contributed by atoms with E-state index in [0.29, 0.717) is 25.0 Å². The molecule has 0 radical (unpaired) electrons. The van der Waals surface area contributed by atoms with Gasteiger partial charge in [0.25, 0.3) is 0 Å².